The molecule has 1 saturated heterocycles. The molecule has 0 aromatic carbocycles. The van der Waals surface area contributed by atoms with Gasteiger partial charge in [-0.25, -0.2) is 21.5 Å². The maximum absolute atomic E-state index is 14.7. The van der Waals surface area contributed by atoms with Gasteiger partial charge in [-0.05, 0) is 33.1 Å². The van der Waals surface area contributed by atoms with Crippen LogP contribution in [0.1, 0.15) is 46.5 Å². The fourth-order valence-corrected chi connectivity index (χ4v) is 5.36. The van der Waals surface area contributed by atoms with Crippen LogP contribution in [0, 0.1) is 0 Å². The summed E-state index contributed by atoms with van der Waals surface area (Å²) in [4.78, 5) is 0. The Morgan fingerprint density at radius 1 is 1.14 bits per heavy atom. The second-order valence-corrected chi connectivity index (χ2v) is 9.93. The van der Waals surface area contributed by atoms with Gasteiger partial charge in [0.2, 0.25) is 10.0 Å². The lowest BCUT2D eigenvalue weighted by molar-refractivity contribution is -0.0421. The van der Waals surface area contributed by atoms with Crippen LogP contribution in [0.3, 0.4) is 0 Å². The van der Waals surface area contributed by atoms with Gasteiger partial charge in [0.1, 0.15) is 5.25 Å². The van der Waals surface area contributed by atoms with Gasteiger partial charge in [0, 0.05) is 13.1 Å². The van der Waals surface area contributed by atoms with Crippen molar-refractivity contribution in [2.75, 3.05) is 13.1 Å². The summed E-state index contributed by atoms with van der Waals surface area (Å²) >= 11 is 0. The zero-order chi connectivity index (χ0) is 17.4. The molecule has 2 atom stereocenters. The smallest absolute Gasteiger partial charge is 0.285 e. The van der Waals surface area contributed by atoms with E-state index in [4.69, 9.17) is 0 Å². The molecule has 1 aliphatic heterocycles. The molecule has 22 heavy (non-hydrogen) atoms. The van der Waals surface area contributed by atoms with E-state index in [2.05, 4.69) is 0 Å². The molecule has 1 aliphatic rings. The predicted octanol–water partition coefficient (Wildman–Crippen LogP) is 1.88. The summed E-state index contributed by atoms with van der Waals surface area (Å²) in [5.41, 5.74) is 0. The number of piperidine rings is 1. The Balaban J connectivity index is 3.26. The topological polar surface area (TPSA) is 91.8 Å². The van der Waals surface area contributed by atoms with Crippen molar-refractivity contribution in [2.24, 2.45) is 0 Å². The molecule has 0 amide bonds. The van der Waals surface area contributed by atoms with Gasteiger partial charge < -0.3 is 0 Å². The van der Waals surface area contributed by atoms with E-state index >= 15 is 0 Å². The summed E-state index contributed by atoms with van der Waals surface area (Å²) in [6.07, 6.45) is 1.38. The van der Waals surface area contributed by atoms with Gasteiger partial charge in [-0.2, -0.15) is 8.42 Å². The summed E-state index contributed by atoms with van der Waals surface area (Å²) < 4.78 is 84.2. The number of rotatable bonds is 6. The highest BCUT2D eigenvalue weighted by Crippen LogP contribution is 2.43. The zero-order valence-corrected chi connectivity index (χ0v) is 14.6. The third kappa shape index (κ3) is 3.15. The minimum absolute atomic E-state index is 0.150. The number of sulfonamides is 1. The second kappa shape index (κ2) is 6.29. The van der Waals surface area contributed by atoms with E-state index in [1.165, 1.54) is 6.92 Å². The molecule has 0 radical (unpaired) electrons. The quantitative estimate of drug-likeness (QED) is 0.728. The second-order valence-electron chi connectivity index (χ2n) is 5.83. The van der Waals surface area contributed by atoms with E-state index in [0.717, 1.165) is 17.6 Å². The van der Waals surface area contributed by atoms with Gasteiger partial charge in [0.25, 0.3) is 16.0 Å². The molecule has 0 aromatic heterocycles. The number of nitrogens with zero attached hydrogens (tertiary/aromatic N) is 1. The Morgan fingerprint density at radius 3 is 1.95 bits per heavy atom. The van der Waals surface area contributed by atoms with Crippen molar-refractivity contribution >= 4 is 20.1 Å². The van der Waals surface area contributed by atoms with Crippen LogP contribution in [0.2, 0.25) is 0 Å². The minimum Gasteiger partial charge on any atom is -0.285 e. The lowest BCUT2D eigenvalue weighted by atomic mass is 9.97. The molecule has 0 aromatic rings. The maximum atomic E-state index is 14.7. The minimum atomic E-state index is -5.14. The molecule has 1 rings (SSSR count). The van der Waals surface area contributed by atoms with E-state index in [1.54, 1.807) is 0 Å². The Kier molecular flexibility index (Phi) is 5.64. The fourth-order valence-electron chi connectivity index (χ4n) is 2.55. The van der Waals surface area contributed by atoms with Crippen LogP contribution in [0.4, 0.5) is 8.78 Å². The summed E-state index contributed by atoms with van der Waals surface area (Å²) in [6.45, 7) is 2.93. The molecule has 2 unspecified atom stereocenters. The Hall–Kier alpha value is -0.320. The van der Waals surface area contributed by atoms with Crippen molar-refractivity contribution in [1.82, 2.24) is 4.31 Å². The van der Waals surface area contributed by atoms with Crippen molar-refractivity contribution in [3.8, 4) is 0 Å². The van der Waals surface area contributed by atoms with Crippen molar-refractivity contribution < 1.29 is 30.2 Å². The Morgan fingerprint density at radius 2 is 1.59 bits per heavy atom. The Bertz CT molecular complexity index is 599. The molecule has 0 aliphatic carbocycles. The van der Waals surface area contributed by atoms with Gasteiger partial charge in [-0.15, -0.1) is 0 Å². The van der Waals surface area contributed by atoms with Crippen LogP contribution < -0.4 is 0 Å². The third-order valence-corrected chi connectivity index (χ3v) is 8.56. The van der Waals surface area contributed by atoms with E-state index in [-0.39, 0.29) is 13.1 Å². The van der Waals surface area contributed by atoms with Gasteiger partial charge in [-0.3, -0.25) is 4.55 Å². The molecule has 0 bridgehead atoms. The van der Waals surface area contributed by atoms with Crippen LogP contribution in [0.25, 0.3) is 0 Å². The van der Waals surface area contributed by atoms with Crippen LogP contribution in [0.5, 0.6) is 0 Å². The first kappa shape index (κ1) is 19.7. The average Bonchev–Trinajstić information content (AvgIpc) is 2.44. The molecule has 1 fully saturated rings. The van der Waals surface area contributed by atoms with Gasteiger partial charge in [0.05, 0.1) is 0 Å². The third-order valence-electron chi connectivity index (χ3n) is 4.58. The SMILES string of the molecule is CCC(C)(C(F)(F)C(C)S(=O)(=O)N1CCCCC1)S(=O)(=O)O. The average molecular weight is 363 g/mol. The molecule has 132 valence electrons. The molecule has 0 saturated carbocycles. The highest BCUT2D eigenvalue weighted by Gasteiger charge is 2.64. The molecular formula is C12H23F2NO5S2. The summed E-state index contributed by atoms with van der Waals surface area (Å²) in [7, 11) is -9.51. The van der Waals surface area contributed by atoms with Crippen LogP contribution in [-0.4, -0.2) is 54.7 Å². The first-order chi connectivity index (χ1) is 9.82. The molecule has 1 heterocycles. The predicted molar refractivity (Wildman–Crippen MR) is 79.0 cm³/mol. The van der Waals surface area contributed by atoms with E-state index in [0.29, 0.717) is 19.8 Å². The van der Waals surface area contributed by atoms with Crippen molar-refractivity contribution in [3.05, 3.63) is 0 Å². The van der Waals surface area contributed by atoms with Gasteiger partial charge in [-0.1, -0.05) is 13.3 Å². The molecule has 1 N–H and O–H groups in total. The number of alkyl halides is 2. The molecular weight excluding hydrogens is 340 g/mol. The zero-order valence-electron chi connectivity index (χ0n) is 12.9. The van der Waals surface area contributed by atoms with Crippen LogP contribution in [0.15, 0.2) is 0 Å². The summed E-state index contributed by atoms with van der Waals surface area (Å²) in [5.74, 6) is -4.13. The number of hydrogen-bond donors (Lipinski definition) is 1. The van der Waals surface area contributed by atoms with E-state index in [9.17, 15) is 30.2 Å². The largest absolute Gasteiger partial charge is 0.287 e. The van der Waals surface area contributed by atoms with Crippen molar-refractivity contribution in [2.45, 2.75) is 62.4 Å². The highest BCUT2D eigenvalue weighted by molar-refractivity contribution is 7.90. The van der Waals surface area contributed by atoms with Gasteiger partial charge in [0.15, 0.2) is 4.75 Å². The summed E-state index contributed by atoms with van der Waals surface area (Å²) in [6, 6.07) is 0. The standard InChI is InChI=1S/C12H23F2NO5S2/c1-4-11(3,22(18,19)20)12(13,14)10(2)21(16,17)15-8-6-5-7-9-15/h10H,4-9H2,1-3H3,(H,18,19,20). The normalized spacial score (nSPS) is 23.0. The van der Waals surface area contributed by atoms with Crippen LogP contribution >= 0.6 is 0 Å². The van der Waals surface area contributed by atoms with Crippen molar-refractivity contribution in [3.63, 3.8) is 0 Å². The first-order valence-electron chi connectivity index (χ1n) is 7.16. The lowest BCUT2D eigenvalue weighted by Gasteiger charge is -2.39. The maximum Gasteiger partial charge on any atom is 0.287 e. The molecule has 6 nitrogen and oxygen atoms in total. The van der Waals surface area contributed by atoms with Crippen molar-refractivity contribution in [1.29, 1.82) is 0 Å². The summed E-state index contributed by atoms with van der Waals surface area (Å²) in [5, 5.41) is -2.25. The molecule has 10 heteroatoms. The number of halogens is 2. The highest BCUT2D eigenvalue weighted by atomic mass is 32.2. The number of hydrogen-bond acceptors (Lipinski definition) is 4. The van der Waals surface area contributed by atoms with Crippen LogP contribution in [-0.2, 0) is 20.1 Å². The first-order valence-corrected chi connectivity index (χ1v) is 10.1. The Labute approximate surface area is 130 Å². The van der Waals surface area contributed by atoms with E-state index in [1.807, 2.05) is 0 Å². The molecule has 0 spiro atoms. The fraction of sp³-hybridized carbons (Fsp3) is 1.00. The van der Waals surface area contributed by atoms with Gasteiger partial charge >= 0.3 is 0 Å². The van der Waals surface area contributed by atoms with E-state index < -0.39 is 42.5 Å². The lowest BCUT2D eigenvalue weighted by Crippen LogP contribution is -2.60. The monoisotopic (exact) mass is 363 g/mol.